The van der Waals surface area contributed by atoms with Crippen molar-refractivity contribution < 1.29 is 9.53 Å². The highest BCUT2D eigenvalue weighted by atomic mass is 28.1. The van der Waals surface area contributed by atoms with Gasteiger partial charge in [-0.05, 0) is 13.0 Å². The van der Waals surface area contributed by atoms with Gasteiger partial charge in [-0.2, -0.15) is 0 Å². The van der Waals surface area contributed by atoms with Crippen molar-refractivity contribution >= 4 is 27.1 Å². The maximum absolute atomic E-state index is 11.3. The summed E-state index contributed by atoms with van der Waals surface area (Å²) in [5.41, 5.74) is 3.60. The highest BCUT2D eigenvalue weighted by Gasteiger charge is 2.11. The van der Waals surface area contributed by atoms with Gasteiger partial charge in [-0.1, -0.05) is 24.3 Å². The number of Topliss-reactive ketones (excluding diaryl/α,β-unsaturated/α-hetero) is 1. The molecule has 0 bridgehead atoms. The second-order valence-electron chi connectivity index (χ2n) is 4.66. The molecule has 0 aliphatic carbocycles. The van der Waals surface area contributed by atoms with Gasteiger partial charge in [0.2, 0.25) is 5.88 Å². The zero-order valence-electron chi connectivity index (χ0n) is 11.9. The van der Waals surface area contributed by atoms with E-state index in [1.165, 1.54) is 0 Å². The van der Waals surface area contributed by atoms with Crippen LogP contribution < -0.4 is 4.74 Å². The molecule has 0 spiro atoms. The number of aromatic nitrogens is 3. The van der Waals surface area contributed by atoms with Crippen LogP contribution in [0, 0.1) is 0 Å². The average molecular weight is 306 g/mol. The molecule has 107 valence electrons. The monoisotopic (exact) mass is 306 g/mol. The minimum atomic E-state index is 0.0342. The molecule has 3 radical (unpaired) electrons. The Morgan fingerprint density at radius 2 is 1.91 bits per heavy atom. The standard InChI is InChI=1S/C16H12N3O2Si/c1-10(20)11-2-4-12(5-3-11)13-8-14-15(18-7-6-17-14)16(19-13)21-9-22/h2-8H,9H2,1H3. The Balaban J connectivity index is 2.12. The maximum atomic E-state index is 11.3. The number of carbonyl (C=O) groups excluding carboxylic acids is 1. The molecule has 0 unspecified atom stereocenters. The third-order valence-corrected chi connectivity index (χ3v) is 3.36. The summed E-state index contributed by atoms with van der Waals surface area (Å²) in [6.45, 7) is 1.54. The van der Waals surface area contributed by atoms with Crippen molar-refractivity contribution in [3.63, 3.8) is 0 Å². The van der Waals surface area contributed by atoms with Gasteiger partial charge < -0.3 is 4.74 Å². The quantitative estimate of drug-likeness (QED) is 0.547. The molecule has 22 heavy (non-hydrogen) atoms. The van der Waals surface area contributed by atoms with Crippen LogP contribution >= 0.6 is 0 Å². The minimum absolute atomic E-state index is 0.0342. The van der Waals surface area contributed by atoms with Gasteiger partial charge in [0.15, 0.2) is 11.3 Å². The van der Waals surface area contributed by atoms with E-state index < -0.39 is 0 Å². The van der Waals surface area contributed by atoms with Crippen LogP contribution in [0.15, 0.2) is 42.7 Å². The van der Waals surface area contributed by atoms with Crippen LogP contribution in [0.1, 0.15) is 17.3 Å². The van der Waals surface area contributed by atoms with E-state index in [0.717, 1.165) is 11.3 Å². The molecular weight excluding hydrogens is 294 g/mol. The zero-order chi connectivity index (χ0) is 15.5. The fraction of sp³-hybridized carbons (Fsp3) is 0.125. The van der Waals surface area contributed by atoms with Crippen molar-refractivity contribution in [3.8, 4) is 17.1 Å². The molecule has 6 heteroatoms. The number of pyridine rings is 1. The first-order chi connectivity index (χ1) is 10.7. The number of rotatable bonds is 4. The lowest BCUT2D eigenvalue weighted by atomic mass is 10.1. The summed E-state index contributed by atoms with van der Waals surface area (Å²) in [7, 11) is 3.28. The molecular formula is C16H12N3O2Si. The summed E-state index contributed by atoms with van der Waals surface area (Å²) in [6, 6.07) is 9.14. The lowest BCUT2D eigenvalue weighted by molar-refractivity contribution is 0.101. The van der Waals surface area contributed by atoms with Crippen LogP contribution in [0.3, 0.4) is 0 Å². The smallest absolute Gasteiger partial charge is 0.242 e. The summed E-state index contributed by atoms with van der Waals surface area (Å²) in [6.07, 6.45) is 3.54. The second-order valence-corrected chi connectivity index (χ2v) is 4.95. The molecule has 2 heterocycles. The molecule has 0 N–H and O–H groups in total. The van der Waals surface area contributed by atoms with E-state index in [-0.39, 0.29) is 5.78 Å². The molecule has 0 atom stereocenters. The summed E-state index contributed by atoms with van der Waals surface area (Å²) >= 11 is 0. The minimum Gasteiger partial charge on any atom is -0.481 e. The number of hydrogen-bond donors (Lipinski definition) is 0. The van der Waals surface area contributed by atoms with Crippen molar-refractivity contribution in [2.75, 3.05) is 6.23 Å². The van der Waals surface area contributed by atoms with Gasteiger partial charge in [0.1, 0.15) is 0 Å². The molecule has 0 saturated heterocycles. The Morgan fingerprint density at radius 3 is 2.59 bits per heavy atom. The highest BCUT2D eigenvalue weighted by Crippen LogP contribution is 2.26. The molecule has 5 nitrogen and oxygen atoms in total. The first kappa shape index (κ1) is 14.3. The first-order valence-electron chi connectivity index (χ1n) is 6.69. The van der Waals surface area contributed by atoms with E-state index in [1.54, 1.807) is 31.5 Å². The van der Waals surface area contributed by atoms with Crippen LogP contribution in [-0.4, -0.2) is 37.2 Å². The van der Waals surface area contributed by atoms with E-state index >= 15 is 0 Å². The van der Waals surface area contributed by atoms with Gasteiger partial charge in [0, 0.05) is 23.5 Å². The fourth-order valence-corrected chi connectivity index (χ4v) is 2.27. The molecule has 1 aromatic carbocycles. The van der Waals surface area contributed by atoms with Crippen molar-refractivity contribution in [2.45, 2.75) is 6.92 Å². The predicted molar refractivity (Wildman–Crippen MR) is 84.0 cm³/mol. The van der Waals surface area contributed by atoms with E-state index in [1.807, 2.05) is 18.2 Å². The molecule has 3 rings (SSSR count). The number of ether oxygens (including phenoxy) is 1. The van der Waals surface area contributed by atoms with Gasteiger partial charge >= 0.3 is 0 Å². The third-order valence-electron chi connectivity index (χ3n) is 3.22. The number of fused-ring (bicyclic) bond motifs is 1. The van der Waals surface area contributed by atoms with E-state index in [9.17, 15) is 4.79 Å². The van der Waals surface area contributed by atoms with Gasteiger partial charge in [-0.15, -0.1) is 0 Å². The second kappa shape index (κ2) is 6.03. The lowest BCUT2D eigenvalue weighted by Crippen LogP contribution is -2.01. The lowest BCUT2D eigenvalue weighted by Gasteiger charge is -2.08. The van der Waals surface area contributed by atoms with Crippen molar-refractivity contribution in [3.05, 3.63) is 48.3 Å². The van der Waals surface area contributed by atoms with E-state index in [0.29, 0.717) is 28.7 Å². The van der Waals surface area contributed by atoms with E-state index in [4.69, 9.17) is 4.74 Å². The molecule has 3 aromatic rings. The van der Waals surface area contributed by atoms with Crippen molar-refractivity contribution in [2.24, 2.45) is 0 Å². The van der Waals surface area contributed by atoms with Crippen molar-refractivity contribution in [1.29, 1.82) is 0 Å². The molecule has 0 fully saturated rings. The Bertz CT molecular complexity index is 834. The van der Waals surface area contributed by atoms with Crippen LogP contribution in [0.25, 0.3) is 22.3 Å². The SMILES string of the molecule is CC(=O)c1ccc(-c2cc3nccnc3c(OC[Si])n2)cc1. The largest absolute Gasteiger partial charge is 0.481 e. The molecule has 0 aliphatic heterocycles. The summed E-state index contributed by atoms with van der Waals surface area (Å²) in [5, 5.41) is 0. The van der Waals surface area contributed by atoms with Crippen LogP contribution in [0.2, 0.25) is 0 Å². The fourth-order valence-electron chi connectivity index (χ4n) is 2.14. The van der Waals surface area contributed by atoms with Crippen LogP contribution in [0.5, 0.6) is 5.88 Å². The zero-order valence-corrected chi connectivity index (χ0v) is 12.9. The number of carbonyl (C=O) groups is 1. The number of ketones is 1. The van der Waals surface area contributed by atoms with E-state index in [2.05, 4.69) is 25.2 Å². The predicted octanol–water partition coefficient (Wildman–Crippen LogP) is 2.40. The normalized spacial score (nSPS) is 10.6. The van der Waals surface area contributed by atoms with Crippen LogP contribution in [0.4, 0.5) is 0 Å². The van der Waals surface area contributed by atoms with Crippen LogP contribution in [-0.2, 0) is 0 Å². The summed E-state index contributed by atoms with van der Waals surface area (Å²) in [5.74, 6) is 0.457. The molecule has 0 amide bonds. The number of benzene rings is 1. The average Bonchev–Trinajstić information content (AvgIpc) is 2.55. The number of nitrogens with zero attached hydrogens (tertiary/aromatic N) is 3. The Morgan fingerprint density at radius 1 is 1.18 bits per heavy atom. The van der Waals surface area contributed by atoms with Gasteiger partial charge in [0.25, 0.3) is 0 Å². The third kappa shape index (κ3) is 2.73. The summed E-state index contributed by atoms with van der Waals surface area (Å²) in [4.78, 5) is 24.4. The molecule has 0 saturated carbocycles. The van der Waals surface area contributed by atoms with Gasteiger partial charge in [-0.25, -0.2) is 9.97 Å². The van der Waals surface area contributed by atoms with Crippen molar-refractivity contribution in [1.82, 2.24) is 15.0 Å². The number of hydrogen-bond acceptors (Lipinski definition) is 5. The summed E-state index contributed by atoms with van der Waals surface area (Å²) < 4.78 is 5.49. The molecule has 2 aromatic heterocycles. The maximum Gasteiger partial charge on any atom is 0.242 e. The van der Waals surface area contributed by atoms with Gasteiger partial charge in [0.05, 0.1) is 27.7 Å². The Labute approximate surface area is 130 Å². The Hall–Kier alpha value is -2.60. The first-order valence-corrected chi connectivity index (χ1v) is 7.40. The van der Waals surface area contributed by atoms with Gasteiger partial charge in [-0.3, -0.25) is 9.78 Å². The highest BCUT2D eigenvalue weighted by molar-refractivity contribution is 6.08. The topological polar surface area (TPSA) is 65.0 Å². The molecule has 0 aliphatic rings. The Kier molecular flexibility index (Phi) is 3.93.